The van der Waals surface area contributed by atoms with Gasteiger partial charge in [0, 0.05) is 18.3 Å². The molecule has 0 unspecified atom stereocenters. The number of fused-ring (bicyclic) bond motifs is 2. The maximum absolute atomic E-state index is 6.17. The van der Waals surface area contributed by atoms with E-state index >= 15 is 0 Å². The zero-order chi connectivity index (χ0) is 16.3. The summed E-state index contributed by atoms with van der Waals surface area (Å²) in [6.45, 7) is 2.07. The van der Waals surface area contributed by atoms with Crippen LogP contribution in [0.15, 0.2) is 30.6 Å². The molecule has 1 saturated carbocycles. The second kappa shape index (κ2) is 4.80. The summed E-state index contributed by atoms with van der Waals surface area (Å²) in [5, 5.41) is 0. The highest BCUT2D eigenvalue weighted by atomic mass is 15.1. The molecule has 0 atom stereocenters. The van der Waals surface area contributed by atoms with Crippen LogP contribution in [0, 0.1) is 6.92 Å². The molecular formula is C18H18N6. The van der Waals surface area contributed by atoms with Gasteiger partial charge in [-0.05, 0) is 37.5 Å². The molecule has 3 heterocycles. The Morgan fingerprint density at radius 1 is 1.25 bits per heavy atom. The van der Waals surface area contributed by atoms with Crippen LogP contribution < -0.4 is 5.73 Å². The number of aromatic amines is 1. The average Bonchev–Trinajstić information content (AvgIpc) is 3.08. The van der Waals surface area contributed by atoms with E-state index in [2.05, 4.69) is 33.4 Å². The Balaban J connectivity index is 1.78. The van der Waals surface area contributed by atoms with E-state index in [1.165, 1.54) is 24.8 Å². The Labute approximate surface area is 138 Å². The van der Waals surface area contributed by atoms with Gasteiger partial charge >= 0.3 is 0 Å². The van der Waals surface area contributed by atoms with Gasteiger partial charge in [-0.3, -0.25) is 4.40 Å². The number of anilines is 1. The number of nitrogens with two attached hydrogens (primary N) is 1. The monoisotopic (exact) mass is 318 g/mol. The summed E-state index contributed by atoms with van der Waals surface area (Å²) in [6.07, 6.45) is 7.31. The van der Waals surface area contributed by atoms with Gasteiger partial charge < -0.3 is 10.7 Å². The molecule has 0 spiro atoms. The summed E-state index contributed by atoms with van der Waals surface area (Å²) >= 11 is 0. The Morgan fingerprint density at radius 2 is 2.12 bits per heavy atom. The summed E-state index contributed by atoms with van der Waals surface area (Å²) in [7, 11) is 0. The third-order valence-electron chi connectivity index (χ3n) is 4.94. The van der Waals surface area contributed by atoms with Crippen LogP contribution in [0.3, 0.4) is 0 Å². The van der Waals surface area contributed by atoms with E-state index in [0.29, 0.717) is 11.7 Å². The first-order valence-electron chi connectivity index (χ1n) is 8.30. The molecule has 1 aliphatic rings. The Morgan fingerprint density at radius 3 is 2.92 bits per heavy atom. The second-order valence-electron chi connectivity index (χ2n) is 6.58. The standard InChI is InChI=1S/C18H18N6/c1-10-5-6-12-13(9-10)22-17(21-12)14-15-16(19)20-7-8-24(15)18(23-14)11-3-2-4-11/h5-9,11H,2-4H2,1H3,(H2,19,20)(H,21,22). The number of nitrogen functional groups attached to an aromatic ring is 1. The smallest absolute Gasteiger partial charge is 0.159 e. The first kappa shape index (κ1) is 13.5. The van der Waals surface area contributed by atoms with Crippen LogP contribution in [0.5, 0.6) is 0 Å². The van der Waals surface area contributed by atoms with Gasteiger partial charge in [-0.1, -0.05) is 12.5 Å². The zero-order valence-corrected chi connectivity index (χ0v) is 13.5. The maximum Gasteiger partial charge on any atom is 0.159 e. The van der Waals surface area contributed by atoms with Crippen molar-refractivity contribution in [3.63, 3.8) is 0 Å². The maximum atomic E-state index is 6.17. The minimum Gasteiger partial charge on any atom is -0.382 e. The molecule has 0 aliphatic heterocycles. The molecule has 0 radical (unpaired) electrons. The molecule has 120 valence electrons. The van der Waals surface area contributed by atoms with Crippen molar-refractivity contribution in [2.24, 2.45) is 0 Å². The number of imidazole rings is 2. The van der Waals surface area contributed by atoms with Crippen LogP contribution >= 0.6 is 0 Å². The molecule has 0 saturated heterocycles. The fourth-order valence-corrected chi connectivity index (χ4v) is 3.44. The van der Waals surface area contributed by atoms with Gasteiger partial charge in [0.15, 0.2) is 5.82 Å². The highest BCUT2D eigenvalue weighted by molar-refractivity contribution is 5.87. The lowest BCUT2D eigenvalue weighted by atomic mass is 9.85. The molecule has 3 aromatic heterocycles. The van der Waals surface area contributed by atoms with Crippen LogP contribution in [-0.4, -0.2) is 24.3 Å². The third-order valence-corrected chi connectivity index (χ3v) is 4.94. The number of aryl methyl sites for hydroxylation is 1. The third kappa shape index (κ3) is 1.86. The van der Waals surface area contributed by atoms with Crippen LogP contribution in [0.4, 0.5) is 5.82 Å². The molecular weight excluding hydrogens is 300 g/mol. The predicted molar refractivity (Wildman–Crippen MR) is 93.8 cm³/mol. The summed E-state index contributed by atoms with van der Waals surface area (Å²) in [5.74, 6) is 2.80. The number of nitrogens with one attached hydrogen (secondary N) is 1. The Bertz CT molecular complexity index is 1070. The van der Waals surface area contributed by atoms with Crippen LogP contribution in [0.25, 0.3) is 28.1 Å². The number of H-pyrrole nitrogens is 1. The number of hydrogen-bond acceptors (Lipinski definition) is 4. The normalized spacial score (nSPS) is 15.2. The molecule has 1 aromatic carbocycles. The first-order chi connectivity index (χ1) is 11.7. The van der Waals surface area contributed by atoms with Gasteiger partial charge in [-0.15, -0.1) is 0 Å². The molecule has 0 bridgehead atoms. The average molecular weight is 318 g/mol. The van der Waals surface area contributed by atoms with E-state index in [9.17, 15) is 0 Å². The largest absolute Gasteiger partial charge is 0.382 e. The van der Waals surface area contributed by atoms with Gasteiger partial charge in [-0.25, -0.2) is 15.0 Å². The minimum absolute atomic E-state index is 0.488. The molecule has 6 heteroatoms. The van der Waals surface area contributed by atoms with Gasteiger partial charge in [0.1, 0.15) is 22.9 Å². The first-order valence-corrected chi connectivity index (χ1v) is 8.30. The lowest BCUT2D eigenvalue weighted by Crippen LogP contribution is -2.12. The molecule has 1 aliphatic carbocycles. The lowest BCUT2D eigenvalue weighted by molar-refractivity contribution is 0.400. The molecule has 5 rings (SSSR count). The molecule has 24 heavy (non-hydrogen) atoms. The number of benzene rings is 1. The van der Waals surface area contributed by atoms with Crippen molar-refractivity contribution < 1.29 is 0 Å². The highest BCUT2D eigenvalue weighted by Gasteiger charge is 2.27. The van der Waals surface area contributed by atoms with E-state index in [1.54, 1.807) is 6.20 Å². The molecule has 4 aromatic rings. The van der Waals surface area contributed by atoms with Crippen molar-refractivity contribution in [2.45, 2.75) is 32.1 Å². The fourth-order valence-electron chi connectivity index (χ4n) is 3.44. The van der Waals surface area contributed by atoms with Crippen molar-refractivity contribution in [2.75, 3.05) is 5.73 Å². The van der Waals surface area contributed by atoms with E-state index in [1.807, 2.05) is 12.3 Å². The minimum atomic E-state index is 0.488. The van der Waals surface area contributed by atoms with Gasteiger partial charge in [0.25, 0.3) is 0 Å². The second-order valence-corrected chi connectivity index (χ2v) is 6.58. The van der Waals surface area contributed by atoms with E-state index in [4.69, 9.17) is 15.7 Å². The van der Waals surface area contributed by atoms with Crippen LogP contribution in [-0.2, 0) is 0 Å². The molecule has 1 fully saturated rings. The van der Waals surface area contributed by atoms with E-state index in [0.717, 1.165) is 33.9 Å². The lowest BCUT2D eigenvalue weighted by Gasteiger charge is -2.23. The number of nitrogens with zero attached hydrogens (tertiary/aromatic N) is 4. The van der Waals surface area contributed by atoms with E-state index < -0.39 is 0 Å². The van der Waals surface area contributed by atoms with Crippen molar-refractivity contribution in [3.05, 3.63) is 42.0 Å². The van der Waals surface area contributed by atoms with Crippen LogP contribution in [0.2, 0.25) is 0 Å². The summed E-state index contributed by atoms with van der Waals surface area (Å²) in [4.78, 5) is 17.3. The fraction of sp³-hybridized carbons (Fsp3) is 0.278. The van der Waals surface area contributed by atoms with Crippen molar-refractivity contribution >= 4 is 22.4 Å². The molecule has 3 N–H and O–H groups in total. The summed E-state index contributed by atoms with van der Waals surface area (Å²) in [6, 6.07) is 6.18. The Kier molecular flexibility index (Phi) is 2.71. The van der Waals surface area contributed by atoms with Crippen LogP contribution in [0.1, 0.15) is 36.6 Å². The predicted octanol–water partition coefficient (Wildman–Crippen LogP) is 3.43. The Hall–Kier alpha value is -2.89. The van der Waals surface area contributed by atoms with Gasteiger partial charge in [0.05, 0.1) is 11.0 Å². The van der Waals surface area contributed by atoms with Gasteiger partial charge in [-0.2, -0.15) is 0 Å². The number of hydrogen-bond donors (Lipinski definition) is 2. The number of rotatable bonds is 2. The zero-order valence-electron chi connectivity index (χ0n) is 13.5. The van der Waals surface area contributed by atoms with Gasteiger partial charge in [0.2, 0.25) is 0 Å². The molecule has 6 nitrogen and oxygen atoms in total. The number of aromatic nitrogens is 5. The van der Waals surface area contributed by atoms with Crippen molar-refractivity contribution in [3.8, 4) is 11.5 Å². The molecule has 0 amide bonds. The van der Waals surface area contributed by atoms with Crippen molar-refractivity contribution in [1.29, 1.82) is 0 Å². The topological polar surface area (TPSA) is 84.9 Å². The van der Waals surface area contributed by atoms with E-state index in [-0.39, 0.29) is 0 Å². The summed E-state index contributed by atoms with van der Waals surface area (Å²) < 4.78 is 2.08. The van der Waals surface area contributed by atoms with Crippen molar-refractivity contribution in [1.82, 2.24) is 24.3 Å². The summed E-state index contributed by atoms with van der Waals surface area (Å²) in [5.41, 5.74) is 10.9. The SMILES string of the molecule is Cc1ccc2nc(-c3nc(C4CCC4)n4ccnc(N)c34)[nH]c2c1. The highest BCUT2D eigenvalue weighted by Crippen LogP contribution is 2.38. The quantitative estimate of drug-likeness (QED) is 0.593.